The number of para-hydroxylation sites is 1. The highest BCUT2D eigenvalue weighted by atomic mass is 32.2. The van der Waals surface area contributed by atoms with E-state index in [0.717, 1.165) is 55.9 Å². The zero-order valence-electron chi connectivity index (χ0n) is 18.3. The molecule has 0 saturated heterocycles. The van der Waals surface area contributed by atoms with Gasteiger partial charge in [0.25, 0.3) is 0 Å². The molecule has 0 bridgehead atoms. The molecular weight excluding hydrogens is 446 g/mol. The van der Waals surface area contributed by atoms with Crippen molar-refractivity contribution < 1.29 is 4.79 Å². The fourth-order valence-electron chi connectivity index (χ4n) is 4.74. The van der Waals surface area contributed by atoms with E-state index in [1.807, 2.05) is 67.7 Å². The summed E-state index contributed by atoms with van der Waals surface area (Å²) < 4.78 is 0. The van der Waals surface area contributed by atoms with E-state index < -0.39 is 0 Å². The number of fused-ring (bicyclic) bond motifs is 4. The first-order valence-corrected chi connectivity index (χ1v) is 13.0. The lowest BCUT2D eigenvalue weighted by molar-refractivity contribution is 0.0991. The van der Waals surface area contributed by atoms with Crippen LogP contribution in [-0.4, -0.2) is 20.7 Å². The van der Waals surface area contributed by atoms with Gasteiger partial charge in [-0.3, -0.25) is 4.79 Å². The Labute approximate surface area is 200 Å². The van der Waals surface area contributed by atoms with Gasteiger partial charge in [0.15, 0.2) is 5.78 Å². The average Bonchev–Trinajstić information content (AvgIpc) is 3.44. The van der Waals surface area contributed by atoms with E-state index in [0.29, 0.717) is 0 Å². The molecule has 0 aliphatic heterocycles. The Hall–Kier alpha value is -2.96. The number of nitrogens with zero attached hydrogens (tertiary/aromatic N) is 2. The Morgan fingerprint density at radius 3 is 2.70 bits per heavy atom. The molecule has 33 heavy (non-hydrogen) atoms. The number of nitrogens with one attached hydrogen (secondary N) is 1. The second kappa shape index (κ2) is 8.43. The lowest BCUT2D eigenvalue weighted by Gasteiger charge is -2.17. The number of carbonyl (C=O) groups excluding carboxylic acids is 1. The molecule has 0 radical (unpaired) electrons. The number of Topliss-reactive ketones (excluding diaryl/α,β-unsaturated/α-hetero) is 1. The van der Waals surface area contributed by atoms with Gasteiger partial charge >= 0.3 is 0 Å². The van der Waals surface area contributed by atoms with Crippen molar-refractivity contribution in [1.29, 1.82) is 0 Å². The van der Waals surface area contributed by atoms with Crippen LogP contribution >= 0.6 is 23.1 Å². The largest absolute Gasteiger partial charge is 0.360 e. The number of carbonyl (C=O) groups is 1. The molecule has 4 nitrogen and oxygen atoms in total. The number of aromatic nitrogens is 3. The number of hydrogen-bond acceptors (Lipinski definition) is 5. The van der Waals surface area contributed by atoms with Crippen LogP contribution < -0.4 is 0 Å². The molecule has 1 unspecified atom stereocenters. The van der Waals surface area contributed by atoms with Crippen LogP contribution in [0.1, 0.15) is 50.3 Å². The van der Waals surface area contributed by atoms with E-state index in [9.17, 15) is 4.79 Å². The maximum atomic E-state index is 14.0. The fraction of sp³-hybridized carbons (Fsp3) is 0.222. The molecule has 5 aromatic rings. The van der Waals surface area contributed by atoms with Crippen LogP contribution in [0.15, 0.2) is 65.8 Å². The summed E-state index contributed by atoms with van der Waals surface area (Å²) >= 11 is 3.37. The van der Waals surface area contributed by atoms with Crippen LogP contribution in [-0.2, 0) is 12.8 Å². The lowest BCUT2D eigenvalue weighted by atomic mass is 9.97. The van der Waals surface area contributed by atoms with Gasteiger partial charge in [-0.25, -0.2) is 9.97 Å². The number of thiophene rings is 1. The van der Waals surface area contributed by atoms with E-state index >= 15 is 0 Å². The standard InChI is InChI=1S/C27H23N3OS2/c1-16-29-26-23(19-12-6-8-14-22(19)32-26)27(30-16)33-25(17-9-3-2-4-10-17)24(31)20-15-28-21-13-7-5-11-18(20)21/h2-5,7,9-11,13,15,25,28H,6,8,12,14H2,1H3. The van der Waals surface area contributed by atoms with Crippen LogP contribution in [0.4, 0.5) is 0 Å². The zero-order chi connectivity index (χ0) is 22.4. The molecular formula is C27H23N3OS2. The van der Waals surface area contributed by atoms with Crippen LogP contribution in [0.25, 0.3) is 21.1 Å². The molecule has 6 rings (SSSR count). The van der Waals surface area contributed by atoms with Crippen molar-refractivity contribution in [2.24, 2.45) is 0 Å². The highest BCUT2D eigenvalue weighted by Crippen LogP contribution is 2.45. The van der Waals surface area contributed by atoms with Crippen molar-refractivity contribution >= 4 is 50.0 Å². The first-order valence-electron chi connectivity index (χ1n) is 11.3. The van der Waals surface area contributed by atoms with Gasteiger partial charge in [0.1, 0.15) is 15.7 Å². The quantitative estimate of drug-likeness (QED) is 0.170. The number of aryl methyl sites for hydroxylation is 3. The minimum Gasteiger partial charge on any atom is -0.360 e. The maximum Gasteiger partial charge on any atom is 0.182 e. The lowest BCUT2D eigenvalue weighted by Crippen LogP contribution is -2.10. The van der Waals surface area contributed by atoms with E-state index in [-0.39, 0.29) is 11.0 Å². The molecule has 0 amide bonds. The molecule has 3 aromatic heterocycles. The third-order valence-corrected chi connectivity index (χ3v) is 8.74. The summed E-state index contributed by atoms with van der Waals surface area (Å²) in [5, 5.41) is 2.67. The predicted octanol–water partition coefficient (Wildman–Crippen LogP) is 7.08. The second-order valence-electron chi connectivity index (χ2n) is 8.49. The number of hydrogen-bond donors (Lipinski definition) is 1. The highest BCUT2D eigenvalue weighted by Gasteiger charge is 2.29. The van der Waals surface area contributed by atoms with Crippen molar-refractivity contribution in [1.82, 2.24) is 15.0 Å². The molecule has 0 spiro atoms. The fourth-order valence-corrected chi connectivity index (χ4v) is 7.38. The molecule has 0 saturated carbocycles. The van der Waals surface area contributed by atoms with Crippen LogP contribution in [0.5, 0.6) is 0 Å². The molecule has 1 N–H and O–H groups in total. The van der Waals surface area contributed by atoms with Crippen molar-refractivity contribution in [2.75, 3.05) is 0 Å². The molecule has 3 heterocycles. The minimum atomic E-state index is -0.387. The summed E-state index contributed by atoms with van der Waals surface area (Å²) in [6.45, 7) is 1.95. The number of rotatable bonds is 5. The van der Waals surface area contributed by atoms with Gasteiger partial charge in [-0.2, -0.15) is 0 Å². The molecule has 1 aliphatic rings. The smallest absolute Gasteiger partial charge is 0.182 e. The number of benzene rings is 2. The van der Waals surface area contributed by atoms with Gasteiger partial charge in [-0.15, -0.1) is 11.3 Å². The molecule has 2 aromatic carbocycles. The Kier molecular flexibility index (Phi) is 5.27. The van der Waals surface area contributed by atoms with Crippen molar-refractivity contribution in [3.63, 3.8) is 0 Å². The number of H-pyrrole nitrogens is 1. The van der Waals surface area contributed by atoms with E-state index in [2.05, 4.69) is 4.98 Å². The SMILES string of the molecule is Cc1nc(SC(C(=O)c2c[nH]c3ccccc23)c2ccccc2)c2c3c(sc2n1)CCCC3. The second-order valence-corrected chi connectivity index (χ2v) is 10.7. The normalized spacial score (nSPS) is 14.5. The first-order chi connectivity index (χ1) is 16.2. The summed E-state index contributed by atoms with van der Waals surface area (Å²) in [5.74, 6) is 0.854. The zero-order valence-corrected chi connectivity index (χ0v) is 19.9. The third kappa shape index (κ3) is 3.67. The van der Waals surface area contributed by atoms with Crippen LogP contribution in [0.2, 0.25) is 0 Å². The maximum absolute atomic E-state index is 14.0. The van der Waals surface area contributed by atoms with Gasteiger partial charge in [0.2, 0.25) is 0 Å². The van der Waals surface area contributed by atoms with E-state index in [4.69, 9.17) is 9.97 Å². The summed E-state index contributed by atoms with van der Waals surface area (Å²) in [5.41, 5.74) is 4.09. The summed E-state index contributed by atoms with van der Waals surface area (Å²) in [6, 6.07) is 18.0. The molecule has 164 valence electrons. The minimum absolute atomic E-state index is 0.0946. The molecule has 0 fully saturated rings. The van der Waals surface area contributed by atoms with E-state index in [1.165, 1.54) is 23.3 Å². The van der Waals surface area contributed by atoms with Gasteiger partial charge in [0, 0.05) is 32.9 Å². The Morgan fingerprint density at radius 1 is 1.03 bits per heavy atom. The average molecular weight is 470 g/mol. The molecule has 1 aliphatic carbocycles. The predicted molar refractivity (Wildman–Crippen MR) is 136 cm³/mol. The molecule has 1 atom stereocenters. The van der Waals surface area contributed by atoms with Gasteiger partial charge in [-0.1, -0.05) is 60.3 Å². The van der Waals surface area contributed by atoms with Crippen LogP contribution in [0.3, 0.4) is 0 Å². The summed E-state index contributed by atoms with van der Waals surface area (Å²) in [4.78, 5) is 29.4. The number of aromatic amines is 1. The summed E-state index contributed by atoms with van der Waals surface area (Å²) in [6.07, 6.45) is 6.47. The van der Waals surface area contributed by atoms with Crippen molar-refractivity contribution in [2.45, 2.75) is 42.9 Å². The first kappa shape index (κ1) is 20.6. The number of ketones is 1. The van der Waals surface area contributed by atoms with Gasteiger partial charge in [-0.05, 0) is 49.8 Å². The van der Waals surface area contributed by atoms with Crippen LogP contribution in [0, 0.1) is 6.92 Å². The Morgan fingerprint density at radius 2 is 1.82 bits per heavy atom. The van der Waals surface area contributed by atoms with Crippen molar-refractivity contribution in [3.05, 3.63) is 88.2 Å². The summed E-state index contributed by atoms with van der Waals surface area (Å²) in [7, 11) is 0. The third-order valence-electron chi connectivity index (χ3n) is 6.32. The highest BCUT2D eigenvalue weighted by molar-refractivity contribution is 8.00. The van der Waals surface area contributed by atoms with Gasteiger partial charge < -0.3 is 4.98 Å². The molecule has 6 heteroatoms. The van der Waals surface area contributed by atoms with Gasteiger partial charge in [0.05, 0.1) is 5.25 Å². The number of thioether (sulfide) groups is 1. The Balaban J connectivity index is 1.49. The Bertz CT molecular complexity index is 1490. The topological polar surface area (TPSA) is 58.6 Å². The monoisotopic (exact) mass is 469 g/mol. The van der Waals surface area contributed by atoms with Crippen molar-refractivity contribution in [3.8, 4) is 0 Å². The van der Waals surface area contributed by atoms with E-state index in [1.54, 1.807) is 23.1 Å².